The molecular weight excluding hydrogens is 509 g/mol. The van der Waals surface area contributed by atoms with Crippen LogP contribution in [-0.4, -0.2) is 33.0 Å². The average Bonchev–Trinajstić information content (AvgIpc) is 3.40. The van der Waals surface area contributed by atoms with Crippen LogP contribution in [-0.2, 0) is 4.79 Å². The molecule has 34 heavy (non-hydrogen) atoms. The second kappa shape index (κ2) is 10.5. The zero-order valence-corrected chi connectivity index (χ0v) is 19.8. The summed E-state index contributed by atoms with van der Waals surface area (Å²) in [6, 6.07) is 12.8. The first kappa shape index (κ1) is 24.1. The van der Waals surface area contributed by atoms with Crippen LogP contribution >= 0.6 is 35.0 Å². The van der Waals surface area contributed by atoms with Gasteiger partial charge < -0.3 is 14.6 Å². The summed E-state index contributed by atoms with van der Waals surface area (Å²) in [5.74, 6) is 0.647. The fraction of sp³-hybridized carbons (Fsp3) is 0.136. The zero-order valence-electron chi connectivity index (χ0n) is 17.5. The number of carbonyl (C=O) groups excluding carboxylic acids is 1. The third-order valence-corrected chi connectivity index (χ3v) is 6.18. The number of imidazole rings is 1. The molecule has 2 aromatic carbocycles. The molecule has 0 saturated heterocycles. The Labute approximate surface area is 207 Å². The number of hydrogen-bond donors (Lipinski definition) is 1. The SMILES string of the molecule is Cc1cc(NC(=O)CSc2ncc(-c3ccc(Cl)c(Cl)c3)n2-c2ccc(OC(F)F)cc2)no1. The maximum absolute atomic E-state index is 12.5. The number of aromatic nitrogens is 3. The number of alkyl halides is 2. The number of halogens is 4. The lowest BCUT2D eigenvalue weighted by molar-refractivity contribution is -0.113. The molecule has 0 aliphatic rings. The van der Waals surface area contributed by atoms with Crippen molar-refractivity contribution in [2.24, 2.45) is 0 Å². The van der Waals surface area contributed by atoms with Gasteiger partial charge in [-0.1, -0.05) is 46.2 Å². The highest BCUT2D eigenvalue weighted by Crippen LogP contribution is 2.34. The fourth-order valence-electron chi connectivity index (χ4n) is 3.06. The molecule has 2 aromatic heterocycles. The van der Waals surface area contributed by atoms with Crippen LogP contribution in [0, 0.1) is 6.92 Å². The van der Waals surface area contributed by atoms with Gasteiger partial charge >= 0.3 is 6.61 Å². The van der Waals surface area contributed by atoms with E-state index in [1.165, 1.54) is 23.9 Å². The number of anilines is 1. The van der Waals surface area contributed by atoms with Gasteiger partial charge in [-0.3, -0.25) is 9.36 Å². The Hall–Kier alpha value is -3.08. The van der Waals surface area contributed by atoms with Crippen LogP contribution < -0.4 is 10.1 Å². The van der Waals surface area contributed by atoms with E-state index in [1.807, 2.05) is 0 Å². The number of rotatable bonds is 8. The van der Waals surface area contributed by atoms with Gasteiger partial charge in [-0.2, -0.15) is 8.78 Å². The molecule has 4 aromatic rings. The van der Waals surface area contributed by atoms with Crippen LogP contribution in [0.4, 0.5) is 14.6 Å². The van der Waals surface area contributed by atoms with E-state index in [4.69, 9.17) is 27.7 Å². The molecule has 0 bridgehead atoms. The molecule has 0 saturated carbocycles. The quantitative estimate of drug-likeness (QED) is 0.266. The summed E-state index contributed by atoms with van der Waals surface area (Å²) in [5, 5.41) is 7.65. The second-order valence-electron chi connectivity index (χ2n) is 6.92. The molecule has 1 N–H and O–H groups in total. The van der Waals surface area contributed by atoms with Crippen LogP contribution in [0.25, 0.3) is 16.9 Å². The van der Waals surface area contributed by atoms with Crippen LogP contribution in [0.15, 0.2) is 64.4 Å². The van der Waals surface area contributed by atoms with Crippen molar-refractivity contribution in [1.82, 2.24) is 14.7 Å². The molecular formula is C22H16Cl2F2N4O3S. The van der Waals surface area contributed by atoms with Crippen LogP contribution in [0.5, 0.6) is 5.75 Å². The average molecular weight is 525 g/mol. The van der Waals surface area contributed by atoms with E-state index in [1.54, 1.807) is 54.1 Å². The minimum atomic E-state index is -2.93. The molecule has 0 aliphatic carbocycles. The molecule has 0 aliphatic heterocycles. The van der Waals surface area contributed by atoms with Crippen LogP contribution in [0.2, 0.25) is 10.0 Å². The van der Waals surface area contributed by atoms with Crippen molar-refractivity contribution >= 4 is 46.7 Å². The van der Waals surface area contributed by atoms with Gasteiger partial charge in [-0.15, -0.1) is 0 Å². The highest BCUT2D eigenvalue weighted by Gasteiger charge is 2.17. The van der Waals surface area contributed by atoms with Gasteiger partial charge in [-0.05, 0) is 43.3 Å². The summed E-state index contributed by atoms with van der Waals surface area (Å²) in [4.78, 5) is 16.8. The number of thioether (sulfide) groups is 1. The smallest absolute Gasteiger partial charge is 0.387 e. The van der Waals surface area contributed by atoms with Crippen molar-refractivity contribution in [2.45, 2.75) is 18.7 Å². The maximum Gasteiger partial charge on any atom is 0.387 e. The number of nitrogens with zero attached hydrogens (tertiary/aromatic N) is 3. The summed E-state index contributed by atoms with van der Waals surface area (Å²) in [7, 11) is 0. The first-order chi connectivity index (χ1) is 16.3. The van der Waals surface area contributed by atoms with Gasteiger partial charge in [0.25, 0.3) is 0 Å². The van der Waals surface area contributed by atoms with Crippen molar-refractivity contribution in [2.75, 3.05) is 11.1 Å². The topological polar surface area (TPSA) is 82.2 Å². The summed E-state index contributed by atoms with van der Waals surface area (Å²) in [6.45, 7) is -1.21. The Morgan fingerprint density at radius 1 is 1.18 bits per heavy atom. The van der Waals surface area contributed by atoms with E-state index in [0.717, 1.165) is 5.56 Å². The molecule has 1 amide bonds. The number of benzene rings is 2. The van der Waals surface area contributed by atoms with E-state index in [9.17, 15) is 13.6 Å². The molecule has 0 atom stereocenters. The molecule has 7 nitrogen and oxygen atoms in total. The zero-order chi connectivity index (χ0) is 24.2. The van der Waals surface area contributed by atoms with Gasteiger partial charge in [0.15, 0.2) is 11.0 Å². The molecule has 176 valence electrons. The van der Waals surface area contributed by atoms with Gasteiger partial charge in [0, 0.05) is 17.3 Å². The van der Waals surface area contributed by atoms with Gasteiger partial charge in [0.1, 0.15) is 11.5 Å². The standard InChI is InChI=1S/C22H16Cl2F2N4O3S/c1-12-8-19(29-33-12)28-20(31)11-34-22-27-10-18(13-2-7-16(23)17(24)9-13)30(22)14-3-5-15(6-4-14)32-21(25)26/h2-10,21H,11H2,1H3,(H,28,29,31). The number of carbonyl (C=O) groups is 1. The first-order valence-corrected chi connectivity index (χ1v) is 11.5. The fourth-order valence-corrected chi connectivity index (χ4v) is 4.15. The highest BCUT2D eigenvalue weighted by molar-refractivity contribution is 7.99. The minimum Gasteiger partial charge on any atom is -0.435 e. The predicted molar refractivity (Wildman–Crippen MR) is 126 cm³/mol. The lowest BCUT2D eigenvalue weighted by Crippen LogP contribution is -2.14. The molecule has 0 fully saturated rings. The summed E-state index contributed by atoms with van der Waals surface area (Å²) in [6.07, 6.45) is 1.63. The Morgan fingerprint density at radius 2 is 1.94 bits per heavy atom. The summed E-state index contributed by atoms with van der Waals surface area (Å²) in [5.41, 5.74) is 2.01. The summed E-state index contributed by atoms with van der Waals surface area (Å²) >= 11 is 13.4. The largest absolute Gasteiger partial charge is 0.435 e. The van der Waals surface area contributed by atoms with Crippen LogP contribution in [0.3, 0.4) is 0 Å². The van der Waals surface area contributed by atoms with Crippen LogP contribution in [0.1, 0.15) is 5.76 Å². The molecule has 12 heteroatoms. The van der Waals surface area contributed by atoms with E-state index in [2.05, 4.69) is 20.2 Å². The Morgan fingerprint density at radius 3 is 2.59 bits per heavy atom. The van der Waals surface area contributed by atoms with Crippen molar-refractivity contribution < 1.29 is 22.8 Å². The molecule has 0 unspecified atom stereocenters. The van der Waals surface area contributed by atoms with Gasteiger partial charge in [0.05, 0.1) is 27.7 Å². The monoisotopic (exact) mass is 524 g/mol. The molecule has 0 radical (unpaired) electrons. The maximum atomic E-state index is 12.5. The lowest BCUT2D eigenvalue weighted by Gasteiger charge is -2.13. The lowest BCUT2D eigenvalue weighted by atomic mass is 10.1. The van der Waals surface area contributed by atoms with E-state index in [0.29, 0.717) is 38.2 Å². The van der Waals surface area contributed by atoms with E-state index >= 15 is 0 Å². The van der Waals surface area contributed by atoms with Gasteiger partial charge in [0.2, 0.25) is 5.91 Å². The Bertz CT molecular complexity index is 1310. The third-order valence-electron chi connectivity index (χ3n) is 4.49. The second-order valence-corrected chi connectivity index (χ2v) is 8.68. The number of nitrogens with one attached hydrogen (secondary N) is 1. The molecule has 2 heterocycles. The van der Waals surface area contributed by atoms with Crippen molar-refractivity contribution in [1.29, 1.82) is 0 Å². The summed E-state index contributed by atoms with van der Waals surface area (Å²) < 4.78 is 36.2. The van der Waals surface area contributed by atoms with E-state index in [-0.39, 0.29) is 17.4 Å². The Balaban J connectivity index is 1.63. The number of hydrogen-bond acceptors (Lipinski definition) is 6. The van der Waals surface area contributed by atoms with Gasteiger partial charge in [-0.25, -0.2) is 4.98 Å². The molecule has 4 rings (SSSR count). The highest BCUT2D eigenvalue weighted by atomic mass is 35.5. The number of amides is 1. The third kappa shape index (κ3) is 5.69. The Kier molecular flexibility index (Phi) is 7.40. The predicted octanol–water partition coefficient (Wildman–Crippen LogP) is 6.47. The minimum absolute atomic E-state index is 0.0199. The number of ether oxygens (including phenoxy) is 1. The van der Waals surface area contributed by atoms with E-state index < -0.39 is 6.61 Å². The first-order valence-electron chi connectivity index (χ1n) is 9.74. The number of aryl methyl sites for hydroxylation is 1. The van der Waals surface area contributed by atoms with Crippen molar-refractivity contribution in [3.8, 4) is 22.7 Å². The normalized spacial score (nSPS) is 11.1. The van der Waals surface area contributed by atoms with Crippen molar-refractivity contribution in [3.05, 3.63) is 70.5 Å². The van der Waals surface area contributed by atoms with Crippen molar-refractivity contribution in [3.63, 3.8) is 0 Å². The molecule has 0 spiro atoms.